The number of carbonyl (C=O) groups excluding carboxylic acids is 3. The molecule has 1 aromatic heterocycles. The first-order valence-corrected chi connectivity index (χ1v) is 7.95. The molecule has 26 heavy (non-hydrogen) atoms. The maximum Gasteiger partial charge on any atom is 0.411 e. The molecule has 2 rings (SSSR count). The fraction of sp³-hybridized carbons (Fsp3) is 0.471. The van der Waals surface area contributed by atoms with Crippen molar-refractivity contribution >= 4 is 17.9 Å². The number of hydrogen-bond donors (Lipinski definition) is 2. The second kappa shape index (κ2) is 7.39. The minimum Gasteiger partial charge on any atom is -0.444 e. The Balaban J connectivity index is 2.27. The number of rotatable bonds is 4. The normalized spacial score (nSPS) is 17.0. The van der Waals surface area contributed by atoms with Crippen LogP contribution in [0.1, 0.15) is 44.5 Å². The predicted octanol–water partition coefficient (Wildman–Crippen LogP) is 0.262. The van der Waals surface area contributed by atoms with Gasteiger partial charge in [0.1, 0.15) is 18.0 Å². The second-order valence-electron chi connectivity index (χ2n) is 6.83. The summed E-state index contributed by atoms with van der Waals surface area (Å²) in [5, 5.41) is 2.55. The fourth-order valence-electron chi connectivity index (χ4n) is 2.52. The molecule has 2 heterocycles. The summed E-state index contributed by atoms with van der Waals surface area (Å²) in [7, 11) is 0. The van der Waals surface area contributed by atoms with E-state index in [9.17, 15) is 14.4 Å². The number of nitrogens with one attached hydrogen (secondary N) is 1. The molecule has 138 valence electrons. The van der Waals surface area contributed by atoms with Gasteiger partial charge in [0.05, 0.1) is 24.7 Å². The largest absolute Gasteiger partial charge is 0.444 e. The molecule has 1 aromatic rings. The predicted molar refractivity (Wildman–Crippen MR) is 91.1 cm³/mol. The summed E-state index contributed by atoms with van der Waals surface area (Å²) in [6.07, 6.45) is 7.27. The van der Waals surface area contributed by atoms with Gasteiger partial charge < -0.3 is 15.8 Å². The van der Waals surface area contributed by atoms with Crippen molar-refractivity contribution in [2.45, 2.75) is 51.4 Å². The zero-order valence-corrected chi connectivity index (χ0v) is 14.9. The van der Waals surface area contributed by atoms with Crippen molar-refractivity contribution in [1.82, 2.24) is 20.2 Å². The number of fused-ring (bicyclic) bond motifs is 1. The summed E-state index contributed by atoms with van der Waals surface area (Å²) in [6, 6.07) is -1.89. The van der Waals surface area contributed by atoms with Crippen molar-refractivity contribution in [3.8, 4) is 12.3 Å². The third kappa shape index (κ3) is 4.47. The maximum atomic E-state index is 12.8. The van der Waals surface area contributed by atoms with Crippen molar-refractivity contribution in [2.24, 2.45) is 5.73 Å². The zero-order chi connectivity index (χ0) is 19.5. The first kappa shape index (κ1) is 19.2. The van der Waals surface area contributed by atoms with Gasteiger partial charge >= 0.3 is 6.09 Å². The molecule has 0 saturated carbocycles. The highest BCUT2D eigenvalue weighted by Crippen LogP contribution is 2.33. The van der Waals surface area contributed by atoms with E-state index in [-0.39, 0.29) is 13.0 Å². The molecule has 1 unspecified atom stereocenters. The highest BCUT2D eigenvalue weighted by atomic mass is 16.6. The number of primary amides is 1. The average Bonchev–Trinajstić information content (AvgIpc) is 2.91. The number of aromatic nitrogens is 2. The molecule has 0 bridgehead atoms. The van der Waals surface area contributed by atoms with Crippen LogP contribution in [0.2, 0.25) is 0 Å². The van der Waals surface area contributed by atoms with Crippen LogP contribution in [0.4, 0.5) is 4.79 Å². The zero-order valence-electron chi connectivity index (χ0n) is 14.9. The maximum absolute atomic E-state index is 12.8. The van der Waals surface area contributed by atoms with Crippen molar-refractivity contribution < 1.29 is 19.1 Å². The van der Waals surface area contributed by atoms with Crippen LogP contribution in [0.5, 0.6) is 0 Å². The molecule has 0 fully saturated rings. The number of nitrogens with two attached hydrogens (primary N) is 1. The molecule has 0 spiro atoms. The SMILES string of the molecule is C#C[C@H](CC(N)=O)NC(=O)C1c2cncnc2CN1C(=O)OC(C)(C)C. The monoisotopic (exact) mass is 359 g/mol. The lowest BCUT2D eigenvalue weighted by atomic mass is 10.1. The highest BCUT2D eigenvalue weighted by molar-refractivity contribution is 5.89. The molecule has 1 aliphatic rings. The van der Waals surface area contributed by atoms with E-state index in [0.29, 0.717) is 11.3 Å². The molecular formula is C17H21N5O4. The number of nitrogens with zero attached hydrogens (tertiary/aromatic N) is 3. The van der Waals surface area contributed by atoms with Crippen molar-refractivity contribution in [1.29, 1.82) is 0 Å². The molecule has 0 saturated heterocycles. The van der Waals surface area contributed by atoms with Crippen LogP contribution >= 0.6 is 0 Å². The van der Waals surface area contributed by atoms with Crippen LogP contribution in [0.25, 0.3) is 0 Å². The topological polar surface area (TPSA) is 128 Å². The van der Waals surface area contributed by atoms with Gasteiger partial charge in [0.2, 0.25) is 11.8 Å². The van der Waals surface area contributed by atoms with E-state index in [2.05, 4.69) is 21.2 Å². The Morgan fingerprint density at radius 1 is 1.50 bits per heavy atom. The van der Waals surface area contributed by atoms with Gasteiger partial charge in [0, 0.05) is 11.8 Å². The Labute approximate surface area is 151 Å². The lowest BCUT2D eigenvalue weighted by Crippen LogP contribution is -2.45. The van der Waals surface area contributed by atoms with E-state index in [0.717, 1.165) is 0 Å². The van der Waals surface area contributed by atoms with E-state index in [1.807, 2.05) is 0 Å². The third-order valence-corrected chi connectivity index (χ3v) is 3.55. The number of terminal acetylenes is 1. The number of amides is 3. The lowest BCUT2D eigenvalue weighted by molar-refractivity contribution is -0.127. The molecular weight excluding hydrogens is 338 g/mol. The van der Waals surface area contributed by atoms with Gasteiger partial charge in [-0.15, -0.1) is 6.42 Å². The minimum absolute atomic E-state index is 0.0986. The molecule has 9 heteroatoms. The van der Waals surface area contributed by atoms with E-state index in [1.54, 1.807) is 20.8 Å². The molecule has 3 N–H and O–H groups in total. The van der Waals surface area contributed by atoms with Gasteiger partial charge in [-0.1, -0.05) is 5.92 Å². The molecule has 1 aliphatic heterocycles. The first-order chi connectivity index (χ1) is 12.1. The first-order valence-electron chi connectivity index (χ1n) is 7.95. The third-order valence-electron chi connectivity index (χ3n) is 3.55. The standard InChI is InChI=1S/C17H21N5O4/c1-5-10(6-13(18)23)21-15(24)14-11-7-19-9-20-12(11)8-22(14)16(25)26-17(2,3)4/h1,7,9-10,14H,6,8H2,2-4H3,(H2,18,23)(H,21,24)/t10-,14?/m1/s1. The Kier molecular flexibility index (Phi) is 5.45. The summed E-state index contributed by atoms with van der Waals surface area (Å²) >= 11 is 0. The van der Waals surface area contributed by atoms with Gasteiger partial charge in [0.15, 0.2) is 0 Å². The summed E-state index contributed by atoms with van der Waals surface area (Å²) in [5.74, 6) is 1.09. The minimum atomic E-state index is -1.01. The van der Waals surface area contributed by atoms with Crippen LogP contribution in [-0.4, -0.2) is 44.4 Å². The molecule has 3 amide bonds. The van der Waals surface area contributed by atoms with Crippen LogP contribution < -0.4 is 11.1 Å². The highest BCUT2D eigenvalue weighted by Gasteiger charge is 2.42. The van der Waals surface area contributed by atoms with Crippen LogP contribution in [0.15, 0.2) is 12.5 Å². The molecule has 0 aromatic carbocycles. The van der Waals surface area contributed by atoms with Crippen LogP contribution in [0.3, 0.4) is 0 Å². The van der Waals surface area contributed by atoms with Gasteiger partial charge in [-0.05, 0) is 20.8 Å². The van der Waals surface area contributed by atoms with Crippen molar-refractivity contribution in [3.05, 3.63) is 23.8 Å². The Morgan fingerprint density at radius 2 is 2.19 bits per heavy atom. The molecule has 2 atom stereocenters. The summed E-state index contributed by atoms with van der Waals surface area (Å²) in [4.78, 5) is 45.7. The van der Waals surface area contributed by atoms with Crippen molar-refractivity contribution in [2.75, 3.05) is 0 Å². The fourth-order valence-corrected chi connectivity index (χ4v) is 2.52. The Hall–Kier alpha value is -3.15. The number of hydrogen-bond acceptors (Lipinski definition) is 6. The van der Waals surface area contributed by atoms with E-state index in [4.69, 9.17) is 16.9 Å². The van der Waals surface area contributed by atoms with Gasteiger partial charge in [-0.3, -0.25) is 14.5 Å². The lowest BCUT2D eigenvalue weighted by Gasteiger charge is -2.28. The van der Waals surface area contributed by atoms with Gasteiger partial charge in [0.25, 0.3) is 0 Å². The average molecular weight is 359 g/mol. The second-order valence-corrected chi connectivity index (χ2v) is 6.83. The number of carbonyl (C=O) groups is 3. The van der Waals surface area contributed by atoms with Gasteiger partial charge in [-0.25, -0.2) is 14.8 Å². The van der Waals surface area contributed by atoms with Crippen LogP contribution in [0, 0.1) is 12.3 Å². The summed E-state index contributed by atoms with van der Waals surface area (Å²) in [6.45, 7) is 5.28. The summed E-state index contributed by atoms with van der Waals surface area (Å²) in [5.41, 5.74) is 5.42. The van der Waals surface area contributed by atoms with Crippen LogP contribution in [-0.2, 0) is 20.9 Å². The molecule has 9 nitrogen and oxygen atoms in total. The molecule has 0 aliphatic carbocycles. The smallest absolute Gasteiger partial charge is 0.411 e. The Morgan fingerprint density at radius 3 is 2.77 bits per heavy atom. The van der Waals surface area contributed by atoms with E-state index in [1.165, 1.54) is 17.4 Å². The van der Waals surface area contributed by atoms with E-state index >= 15 is 0 Å². The van der Waals surface area contributed by atoms with Crippen molar-refractivity contribution in [3.63, 3.8) is 0 Å². The quantitative estimate of drug-likeness (QED) is 0.742. The Bertz CT molecular complexity index is 765. The number of ether oxygens (including phenoxy) is 1. The van der Waals surface area contributed by atoms with E-state index < -0.39 is 35.6 Å². The summed E-state index contributed by atoms with van der Waals surface area (Å²) < 4.78 is 5.37. The molecule has 0 radical (unpaired) electrons. The van der Waals surface area contributed by atoms with Gasteiger partial charge in [-0.2, -0.15) is 0 Å².